The van der Waals surface area contributed by atoms with Gasteiger partial charge in [-0.2, -0.15) is 5.10 Å². The van der Waals surface area contributed by atoms with Gasteiger partial charge in [0.05, 0.1) is 22.9 Å². The van der Waals surface area contributed by atoms with Crippen molar-refractivity contribution in [1.82, 2.24) is 14.8 Å². The third-order valence-corrected chi connectivity index (χ3v) is 3.97. The Bertz CT molecular complexity index is 697. The first-order valence-corrected chi connectivity index (χ1v) is 7.33. The molecule has 3 aromatic rings. The van der Waals surface area contributed by atoms with E-state index < -0.39 is 0 Å². The van der Waals surface area contributed by atoms with Crippen LogP contribution in [0, 0.1) is 6.92 Å². The zero-order valence-electron chi connectivity index (χ0n) is 11.5. The maximum atomic E-state index is 4.50. The molecule has 3 rings (SSSR count). The zero-order valence-corrected chi connectivity index (χ0v) is 12.3. The summed E-state index contributed by atoms with van der Waals surface area (Å²) in [5, 5.41) is 10.7. The number of thiazole rings is 1. The van der Waals surface area contributed by atoms with E-state index in [0.717, 1.165) is 34.2 Å². The van der Waals surface area contributed by atoms with E-state index in [-0.39, 0.29) is 0 Å². The number of benzene rings is 1. The van der Waals surface area contributed by atoms with Crippen LogP contribution in [0.3, 0.4) is 0 Å². The molecule has 0 aliphatic rings. The Morgan fingerprint density at radius 2 is 2.00 bits per heavy atom. The largest absolute Gasteiger partial charge is 0.379 e. The molecule has 0 spiro atoms. The van der Waals surface area contributed by atoms with Gasteiger partial charge in [0.25, 0.3) is 0 Å². The van der Waals surface area contributed by atoms with Crippen LogP contribution in [-0.2, 0) is 13.6 Å². The van der Waals surface area contributed by atoms with Crippen LogP contribution in [0.2, 0.25) is 0 Å². The fourth-order valence-electron chi connectivity index (χ4n) is 2.02. The first kappa shape index (κ1) is 12.9. The second kappa shape index (κ2) is 5.46. The Hall–Kier alpha value is -2.14. The molecule has 5 heteroatoms. The summed E-state index contributed by atoms with van der Waals surface area (Å²) in [5.41, 5.74) is 4.46. The summed E-state index contributed by atoms with van der Waals surface area (Å²) in [6.07, 6.45) is 1.81. The van der Waals surface area contributed by atoms with Crippen molar-refractivity contribution in [3.63, 3.8) is 0 Å². The van der Waals surface area contributed by atoms with Crippen LogP contribution >= 0.6 is 11.3 Å². The van der Waals surface area contributed by atoms with Gasteiger partial charge >= 0.3 is 0 Å². The molecular formula is C15H16N4S. The highest BCUT2D eigenvalue weighted by Crippen LogP contribution is 2.23. The van der Waals surface area contributed by atoms with E-state index in [4.69, 9.17) is 0 Å². The summed E-state index contributed by atoms with van der Waals surface area (Å²) in [5.74, 6) is 0. The van der Waals surface area contributed by atoms with Gasteiger partial charge in [-0.1, -0.05) is 12.1 Å². The molecule has 2 aromatic heterocycles. The van der Waals surface area contributed by atoms with Gasteiger partial charge < -0.3 is 5.32 Å². The summed E-state index contributed by atoms with van der Waals surface area (Å²) < 4.78 is 1.87. The Morgan fingerprint density at radius 3 is 2.60 bits per heavy atom. The Morgan fingerprint density at radius 1 is 1.20 bits per heavy atom. The van der Waals surface area contributed by atoms with Crippen molar-refractivity contribution in [2.24, 2.45) is 7.05 Å². The maximum Gasteiger partial charge on any atom is 0.0901 e. The first-order chi connectivity index (χ1) is 9.72. The minimum Gasteiger partial charge on any atom is -0.379 e. The number of rotatable bonds is 4. The number of aryl methyl sites for hydroxylation is 2. The SMILES string of the molecule is Cc1nc(-c2ccc(NCc3ccnn3C)cc2)cs1. The molecule has 0 saturated carbocycles. The topological polar surface area (TPSA) is 42.7 Å². The molecule has 20 heavy (non-hydrogen) atoms. The van der Waals surface area contributed by atoms with E-state index in [2.05, 4.69) is 45.0 Å². The van der Waals surface area contributed by atoms with Crippen molar-refractivity contribution < 1.29 is 0 Å². The van der Waals surface area contributed by atoms with Crippen LogP contribution in [0.5, 0.6) is 0 Å². The molecule has 0 atom stereocenters. The molecule has 0 radical (unpaired) electrons. The number of aromatic nitrogens is 3. The molecule has 0 unspecified atom stereocenters. The monoisotopic (exact) mass is 284 g/mol. The van der Waals surface area contributed by atoms with Crippen LogP contribution in [0.1, 0.15) is 10.7 Å². The van der Waals surface area contributed by atoms with E-state index in [1.54, 1.807) is 11.3 Å². The van der Waals surface area contributed by atoms with Gasteiger partial charge in [0.15, 0.2) is 0 Å². The van der Waals surface area contributed by atoms with Crippen molar-refractivity contribution in [3.8, 4) is 11.3 Å². The standard InChI is InChI=1S/C15H16N4S/c1-11-18-15(10-20-11)12-3-5-13(6-4-12)16-9-14-7-8-17-19(14)2/h3-8,10,16H,9H2,1-2H3. The van der Waals surface area contributed by atoms with Gasteiger partial charge in [-0.25, -0.2) is 4.98 Å². The number of hydrogen-bond acceptors (Lipinski definition) is 4. The molecule has 102 valence electrons. The predicted octanol–water partition coefficient (Wildman–Crippen LogP) is 3.46. The lowest BCUT2D eigenvalue weighted by atomic mass is 10.1. The van der Waals surface area contributed by atoms with Crippen LogP contribution in [0.4, 0.5) is 5.69 Å². The third kappa shape index (κ3) is 2.72. The van der Waals surface area contributed by atoms with Crippen molar-refractivity contribution in [2.75, 3.05) is 5.32 Å². The van der Waals surface area contributed by atoms with E-state index in [0.29, 0.717) is 0 Å². The smallest absolute Gasteiger partial charge is 0.0901 e. The van der Waals surface area contributed by atoms with Crippen molar-refractivity contribution >= 4 is 17.0 Å². The summed E-state index contributed by atoms with van der Waals surface area (Å²) >= 11 is 1.68. The van der Waals surface area contributed by atoms with E-state index in [9.17, 15) is 0 Å². The fraction of sp³-hybridized carbons (Fsp3) is 0.200. The first-order valence-electron chi connectivity index (χ1n) is 6.46. The molecule has 2 heterocycles. The lowest BCUT2D eigenvalue weighted by Crippen LogP contribution is -2.05. The maximum absolute atomic E-state index is 4.50. The molecule has 1 N–H and O–H groups in total. The molecule has 0 bridgehead atoms. The Kier molecular flexibility index (Phi) is 3.52. The summed E-state index contributed by atoms with van der Waals surface area (Å²) in [4.78, 5) is 4.50. The van der Waals surface area contributed by atoms with Crippen LogP contribution < -0.4 is 5.32 Å². The number of anilines is 1. The Labute approximate surface area is 122 Å². The van der Waals surface area contributed by atoms with E-state index >= 15 is 0 Å². The molecular weight excluding hydrogens is 268 g/mol. The van der Waals surface area contributed by atoms with Gasteiger partial charge in [-0.3, -0.25) is 4.68 Å². The average molecular weight is 284 g/mol. The van der Waals surface area contributed by atoms with Crippen molar-refractivity contribution in [2.45, 2.75) is 13.5 Å². The quantitative estimate of drug-likeness (QED) is 0.797. The average Bonchev–Trinajstić information content (AvgIpc) is 3.06. The third-order valence-electron chi connectivity index (χ3n) is 3.20. The highest BCUT2D eigenvalue weighted by atomic mass is 32.1. The summed E-state index contributed by atoms with van der Waals surface area (Å²) in [6, 6.07) is 10.4. The van der Waals surface area contributed by atoms with Gasteiger partial charge in [0.2, 0.25) is 0 Å². The van der Waals surface area contributed by atoms with Crippen LogP contribution in [0.25, 0.3) is 11.3 Å². The Balaban J connectivity index is 1.69. The van der Waals surface area contributed by atoms with E-state index in [1.807, 2.05) is 30.9 Å². The van der Waals surface area contributed by atoms with Crippen molar-refractivity contribution in [3.05, 3.63) is 52.6 Å². The number of hydrogen-bond donors (Lipinski definition) is 1. The molecule has 0 aliphatic carbocycles. The minimum absolute atomic E-state index is 0.769. The second-order valence-corrected chi connectivity index (χ2v) is 5.69. The van der Waals surface area contributed by atoms with Gasteiger partial charge in [0.1, 0.15) is 0 Å². The fourth-order valence-corrected chi connectivity index (χ4v) is 2.64. The highest BCUT2D eigenvalue weighted by molar-refractivity contribution is 7.09. The zero-order chi connectivity index (χ0) is 13.9. The second-order valence-electron chi connectivity index (χ2n) is 4.63. The van der Waals surface area contributed by atoms with Crippen molar-refractivity contribution in [1.29, 1.82) is 0 Å². The lowest BCUT2D eigenvalue weighted by molar-refractivity contribution is 0.720. The normalized spacial score (nSPS) is 10.7. The minimum atomic E-state index is 0.769. The lowest BCUT2D eigenvalue weighted by Gasteiger charge is -2.07. The molecule has 1 aromatic carbocycles. The summed E-state index contributed by atoms with van der Waals surface area (Å²) in [6.45, 7) is 2.80. The molecule has 0 fully saturated rings. The van der Waals surface area contributed by atoms with E-state index in [1.165, 1.54) is 0 Å². The van der Waals surface area contributed by atoms with Gasteiger partial charge in [-0.15, -0.1) is 11.3 Å². The van der Waals surface area contributed by atoms with Crippen LogP contribution in [-0.4, -0.2) is 14.8 Å². The number of nitrogens with zero attached hydrogens (tertiary/aromatic N) is 3. The summed E-state index contributed by atoms with van der Waals surface area (Å²) in [7, 11) is 1.95. The van der Waals surface area contributed by atoms with Gasteiger partial charge in [0, 0.05) is 29.9 Å². The van der Waals surface area contributed by atoms with Crippen LogP contribution in [0.15, 0.2) is 41.9 Å². The molecule has 0 amide bonds. The number of nitrogens with one attached hydrogen (secondary N) is 1. The molecule has 0 aliphatic heterocycles. The molecule has 4 nitrogen and oxygen atoms in total. The van der Waals surface area contributed by atoms with Gasteiger partial charge in [-0.05, 0) is 25.1 Å². The predicted molar refractivity (Wildman–Crippen MR) is 82.8 cm³/mol. The molecule has 0 saturated heterocycles. The highest BCUT2D eigenvalue weighted by Gasteiger charge is 2.02.